The first-order chi connectivity index (χ1) is 10.8. The van der Waals surface area contributed by atoms with Gasteiger partial charge in [-0.1, -0.05) is 20.8 Å². The third-order valence-electron chi connectivity index (χ3n) is 4.15. The molecule has 1 heterocycles. The molecule has 1 aromatic carbocycles. The van der Waals surface area contributed by atoms with Crippen molar-refractivity contribution in [2.75, 3.05) is 11.9 Å². The lowest BCUT2D eigenvalue weighted by Crippen LogP contribution is -2.48. The van der Waals surface area contributed by atoms with Crippen LogP contribution in [-0.2, 0) is 5.41 Å². The molecule has 6 heteroatoms. The Labute approximate surface area is 135 Å². The second-order valence-electron chi connectivity index (χ2n) is 7.34. The standard InChI is InChI=1S/C17H23N3O3/c1-16(2,3)14-20-12-9-11(5-6-13(12)23-14)19-15(21)18-10-17(22)7-4-8-17/h5-6,9,22H,4,7-8,10H2,1-3H3,(H2,18,19,21). The van der Waals surface area contributed by atoms with Crippen LogP contribution in [-0.4, -0.2) is 28.3 Å². The smallest absolute Gasteiger partial charge is 0.319 e. The Hall–Kier alpha value is -2.08. The molecule has 0 saturated heterocycles. The number of oxazole rings is 1. The third-order valence-corrected chi connectivity index (χ3v) is 4.15. The van der Waals surface area contributed by atoms with Gasteiger partial charge in [0.1, 0.15) is 5.52 Å². The Kier molecular flexibility index (Phi) is 3.80. The van der Waals surface area contributed by atoms with Gasteiger partial charge >= 0.3 is 6.03 Å². The molecule has 0 aliphatic heterocycles. The highest BCUT2D eigenvalue weighted by molar-refractivity contribution is 5.91. The summed E-state index contributed by atoms with van der Waals surface area (Å²) in [6, 6.07) is 5.03. The lowest BCUT2D eigenvalue weighted by atomic mass is 9.80. The van der Waals surface area contributed by atoms with Gasteiger partial charge in [-0.2, -0.15) is 0 Å². The van der Waals surface area contributed by atoms with Gasteiger partial charge in [0.15, 0.2) is 5.58 Å². The van der Waals surface area contributed by atoms with Gasteiger partial charge in [-0.15, -0.1) is 0 Å². The molecule has 124 valence electrons. The first kappa shape index (κ1) is 15.8. The van der Waals surface area contributed by atoms with Crippen LogP contribution in [0.25, 0.3) is 11.1 Å². The van der Waals surface area contributed by atoms with Gasteiger partial charge in [-0.25, -0.2) is 9.78 Å². The average molecular weight is 317 g/mol. The van der Waals surface area contributed by atoms with Gasteiger partial charge in [-0.3, -0.25) is 0 Å². The molecule has 0 unspecified atom stereocenters. The second-order valence-corrected chi connectivity index (χ2v) is 7.34. The predicted octanol–water partition coefficient (Wildman–Crippen LogP) is 3.16. The van der Waals surface area contributed by atoms with Gasteiger partial charge in [-0.05, 0) is 37.5 Å². The highest BCUT2D eigenvalue weighted by Crippen LogP contribution is 2.30. The van der Waals surface area contributed by atoms with E-state index in [0.717, 1.165) is 19.3 Å². The minimum absolute atomic E-state index is 0.164. The molecular weight excluding hydrogens is 294 g/mol. The number of nitrogens with one attached hydrogen (secondary N) is 2. The summed E-state index contributed by atoms with van der Waals surface area (Å²) in [5, 5.41) is 15.4. The molecule has 2 amide bonds. The first-order valence-electron chi connectivity index (χ1n) is 7.94. The fourth-order valence-electron chi connectivity index (χ4n) is 2.51. The van der Waals surface area contributed by atoms with Crippen LogP contribution in [0.1, 0.15) is 45.9 Å². The number of aliphatic hydroxyl groups is 1. The molecule has 0 atom stereocenters. The number of benzene rings is 1. The topological polar surface area (TPSA) is 87.4 Å². The summed E-state index contributed by atoms with van der Waals surface area (Å²) in [4.78, 5) is 16.4. The van der Waals surface area contributed by atoms with Crippen LogP contribution >= 0.6 is 0 Å². The van der Waals surface area contributed by atoms with Gasteiger partial charge in [0.2, 0.25) is 5.89 Å². The van der Waals surface area contributed by atoms with Crippen LogP contribution in [0.5, 0.6) is 0 Å². The monoisotopic (exact) mass is 317 g/mol. The van der Waals surface area contributed by atoms with Gasteiger partial charge in [0, 0.05) is 17.6 Å². The number of hydrogen-bond donors (Lipinski definition) is 3. The average Bonchev–Trinajstić information content (AvgIpc) is 2.86. The molecule has 3 rings (SSSR count). The number of carbonyl (C=O) groups excluding carboxylic acids is 1. The van der Waals surface area contributed by atoms with Crippen LogP contribution in [0.15, 0.2) is 22.6 Å². The minimum Gasteiger partial charge on any atom is -0.440 e. The number of aromatic nitrogens is 1. The molecule has 0 bridgehead atoms. The second kappa shape index (κ2) is 5.53. The summed E-state index contributed by atoms with van der Waals surface area (Å²) < 4.78 is 5.73. The Bertz CT molecular complexity index is 726. The van der Waals surface area contributed by atoms with Crippen molar-refractivity contribution in [1.29, 1.82) is 0 Å². The van der Waals surface area contributed by atoms with Gasteiger partial charge < -0.3 is 20.2 Å². The summed E-state index contributed by atoms with van der Waals surface area (Å²) in [5.74, 6) is 0.668. The summed E-state index contributed by atoms with van der Waals surface area (Å²) in [6.07, 6.45) is 2.50. The molecule has 0 radical (unpaired) electrons. The number of urea groups is 1. The normalized spacial score (nSPS) is 16.9. The fraction of sp³-hybridized carbons (Fsp3) is 0.529. The molecule has 2 aromatic rings. The lowest BCUT2D eigenvalue weighted by Gasteiger charge is -2.36. The molecule has 6 nitrogen and oxygen atoms in total. The SMILES string of the molecule is CC(C)(C)c1nc2cc(NC(=O)NCC3(O)CCC3)ccc2o1. The summed E-state index contributed by atoms with van der Waals surface area (Å²) in [6.45, 7) is 6.39. The zero-order valence-corrected chi connectivity index (χ0v) is 13.8. The van der Waals surface area contributed by atoms with Crippen molar-refractivity contribution < 1.29 is 14.3 Å². The summed E-state index contributed by atoms with van der Waals surface area (Å²) in [5.41, 5.74) is 1.16. The highest BCUT2D eigenvalue weighted by Gasteiger charge is 2.34. The van der Waals surface area contributed by atoms with Crippen molar-refractivity contribution in [3.8, 4) is 0 Å². The van der Waals surface area contributed by atoms with Gasteiger partial charge in [0.05, 0.1) is 5.60 Å². The fourth-order valence-corrected chi connectivity index (χ4v) is 2.51. The molecule has 1 saturated carbocycles. The van der Waals surface area contributed by atoms with E-state index in [1.54, 1.807) is 18.2 Å². The van der Waals surface area contributed by atoms with Crippen molar-refractivity contribution in [3.63, 3.8) is 0 Å². The third kappa shape index (κ3) is 3.47. The van der Waals surface area contributed by atoms with E-state index in [1.807, 2.05) is 20.8 Å². The van der Waals surface area contributed by atoms with Crippen molar-refractivity contribution in [1.82, 2.24) is 10.3 Å². The largest absolute Gasteiger partial charge is 0.440 e. The van der Waals surface area contributed by atoms with Crippen molar-refractivity contribution >= 4 is 22.8 Å². The molecule has 1 aliphatic carbocycles. The van der Waals surface area contributed by atoms with E-state index in [4.69, 9.17) is 4.42 Å². The van der Waals surface area contributed by atoms with E-state index in [9.17, 15) is 9.90 Å². The number of carbonyl (C=O) groups is 1. The number of hydrogen-bond acceptors (Lipinski definition) is 4. The van der Waals surface area contributed by atoms with Crippen molar-refractivity contribution in [3.05, 3.63) is 24.1 Å². The Morgan fingerprint density at radius 2 is 2.13 bits per heavy atom. The first-order valence-corrected chi connectivity index (χ1v) is 7.94. The predicted molar refractivity (Wildman–Crippen MR) is 88.5 cm³/mol. The van der Waals surface area contributed by atoms with E-state index in [-0.39, 0.29) is 18.0 Å². The molecule has 1 aromatic heterocycles. The zero-order valence-electron chi connectivity index (χ0n) is 13.8. The quantitative estimate of drug-likeness (QED) is 0.811. The van der Waals surface area contributed by atoms with E-state index in [2.05, 4.69) is 15.6 Å². The summed E-state index contributed by atoms with van der Waals surface area (Å²) >= 11 is 0. The number of rotatable bonds is 3. The van der Waals surface area contributed by atoms with E-state index < -0.39 is 5.60 Å². The molecular formula is C17H23N3O3. The number of anilines is 1. The Balaban J connectivity index is 1.66. The lowest BCUT2D eigenvalue weighted by molar-refractivity contribution is -0.0287. The molecule has 23 heavy (non-hydrogen) atoms. The maximum Gasteiger partial charge on any atom is 0.319 e. The van der Waals surface area contributed by atoms with Crippen LogP contribution in [0.2, 0.25) is 0 Å². The molecule has 1 fully saturated rings. The number of nitrogens with zero attached hydrogens (tertiary/aromatic N) is 1. The highest BCUT2D eigenvalue weighted by atomic mass is 16.3. The molecule has 1 aliphatic rings. The van der Waals surface area contributed by atoms with Crippen LogP contribution < -0.4 is 10.6 Å². The zero-order chi connectivity index (χ0) is 16.7. The maximum atomic E-state index is 11.9. The molecule has 3 N–H and O–H groups in total. The minimum atomic E-state index is -0.727. The van der Waals surface area contributed by atoms with E-state index in [1.165, 1.54) is 0 Å². The van der Waals surface area contributed by atoms with E-state index >= 15 is 0 Å². The van der Waals surface area contributed by atoms with Gasteiger partial charge in [0.25, 0.3) is 0 Å². The van der Waals surface area contributed by atoms with Crippen LogP contribution in [0.4, 0.5) is 10.5 Å². The summed E-state index contributed by atoms with van der Waals surface area (Å²) in [7, 11) is 0. The number of fused-ring (bicyclic) bond motifs is 1. The maximum absolute atomic E-state index is 11.9. The van der Waals surface area contributed by atoms with E-state index in [0.29, 0.717) is 22.7 Å². The molecule has 0 spiro atoms. The van der Waals surface area contributed by atoms with Crippen LogP contribution in [0.3, 0.4) is 0 Å². The van der Waals surface area contributed by atoms with Crippen molar-refractivity contribution in [2.24, 2.45) is 0 Å². The number of amides is 2. The van der Waals surface area contributed by atoms with Crippen LogP contribution in [0, 0.1) is 0 Å². The van der Waals surface area contributed by atoms with Crippen molar-refractivity contribution in [2.45, 2.75) is 51.0 Å². The Morgan fingerprint density at radius 1 is 1.39 bits per heavy atom. The Morgan fingerprint density at radius 3 is 2.74 bits per heavy atom.